The van der Waals surface area contributed by atoms with Gasteiger partial charge in [-0.2, -0.15) is 11.8 Å². The second-order valence-corrected chi connectivity index (χ2v) is 10.5. The number of thioether (sulfide) groups is 1. The van der Waals surface area contributed by atoms with Gasteiger partial charge in [-0.15, -0.1) is 0 Å². The molecule has 16 heteroatoms. The van der Waals surface area contributed by atoms with Gasteiger partial charge in [-0.3, -0.25) is 24.0 Å². The van der Waals surface area contributed by atoms with Crippen LogP contribution in [0.1, 0.15) is 41.3 Å². The first-order chi connectivity index (χ1) is 21.8. The SMILES string of the molecule is CCOC(=O)C(=O)CSCC(NC(=O)CCC(NC(=O)c1ccc(/C=C/c2ccc(O)c(O)c2)cc1)C(=O)O)C(=O)NCC(=O)O. The molecule has 0 aromatic heterocycles. The number of hydrogen-bond acceptors (Lipinski definition) is 11. The molecule has 2 rings (SSSR count). The van der Waals surface area contributed by atoms with Crippen molar-refractivity contribution in [3.63, 3.8) is 0 Å². The molecule has 0 aliphatic carbocycles. The molecule has 46 heavy (non-hydrogen) atoms. The summed E-state index contributed by atoms with van der Waals surface area (Å²) in [4.78, 5) is 83.7. The summed E-state index contributed by atoms with van der Waals surface area (Å²) in [5.41, 5.74) is 1.43. The molecule has 0 bridgehead atoms. The highest BCUT2D eigenvalue weighted by Gasteiger charge is 2.26. The topological polar surface area (TPSA) is 246 Å². The van der Waals surface area contributed by atoms with Crippen LogP contribution in [-0.2, 0) is 33.5 Å². The summed E-state index contributed by atoms with van der Waals surface area (Å²) >= 11 is 0.819. The first-order valence-corrected chi connectivity index (χ1v) is 14.9. The van der Waals surface area contributed by atoms with Gasteiger partial charge in [0.05, 0.1) is 12.4 Å². The Morgan fingerprint density at radius 1 is 0.870 bits per heavy atom. The smallest absolute Gasteiger partial charge is 0.375 e. The van der Waals surface area contributed by atoms with Gasteiger partial charge in [-0.05, 0) is 48.7 Å². The third kappa shape index (κ3) is 12.7. The molecule has 7 N–H and O–H groups in total. The second-order valence-electron chi connectivity index (χ2n) is 9.50. The van der Waals surface area contributed by atoms with Crippen LogP contribution in [0, 0.1) is 0 Å². The number of Topliss-reactive ketones (excluding diaryl/α,β-unsaturated/α-hetero) is 1. The molecule has 0 heterocycles. The number of esters is 1. The number of carbonyl (C=O) groups excluding carboxylic acids is 5. The van der Waals surface area contributed by atoms with Crippen molar-refractivity contribution < 1.29 is 58.7 Å². The van der Waals surface area contributed by atoms with E-state index in [1.807, 2.05) is 0 Å². The molecule has 0 spiro atoms. The van der Waals surface area contributed by atoms with Crippen molar-refractivity contribution >= 4 is 65.3 Å². The molecule has 0 radical (unpaired) electrons. The zero-order valence-electron chi connectivity index (χ0n) is 24.6. The molecule has 0 saturated heterocycles. The summed E-state index contributed by atoms with van der Waals surface area (Å²) in [5, 5.41) is 44.2. The number of carboxylic acid groups (broad SMARTS) is 2. The van der Waals surface area contributed by atoms with Crippen LogP contribution in [0.25, 0.3) is 12.2 Å². The average Bonchev–Trinajstić information content (AvgIpc) is 3.01. The van der Waals surface area contributed by atoms with E-state index < -0.39 is 66.5 Å². The molecular formula is C30H33N3O12S. The van der Waals surface area contributed by atoms with Gasteiger partial charge in [0, 0.05) is 17.7 Å². The van der Waals surface area contributed by atoms with Crippen molar-refractivity contribution in [2.45, 2.75) is 31.8 Å². The van der Waals surface area contributed by atoms with E-state index in [0.717, 1.165) is 11.8 Å². The molecule has 2 atom stereocenters. The maximum atomic E-state index is 12.7. The van der Waals surface area contributed by atoms with Crippen LogP contribution in [0.4, 0.5) is 0 Å². The Hall–Kier alpha value is -5.38. The maximum Gasteiger partial charge on any atom is 0.375 e. The van der Waals surface area contributed by atoms with Gasteiger partial charge in [0.15, 0.2) is 11.5 Å². The van der Waals surface area contributed by atoms with E-state index in [-0.39, 0.29) is 41.6 Å². The number of aliphatic carboxylic acids is 2. The molecule has 0 aliphatic rings. The van der Waals surface area contributed by atoms with Gasteiger partial charge in [-0.1, -0.05) is 30.4 Å². The first kappa shape index (κ1) is 36.8. The summed E-state index contributed by atoms with van der Waals surface area (Å²) in [6.07, 6.45) is 2.56. The van der Waals surface area contributed by atoms with Crippen molar-refractivity contribution in [3.05, 3.63) is 59.2 Å². The molecule has 0 aliphatic heterocycles. The fraction of sp³-hybridized carbons (Fsp3) is 0.300. The average molecular weight is 660 g/mol. The summed E-state index contributed by atoms with van der Waals surface area (Å²) in [6, 6.07) is 7.60. The lowest BCUT2D eigenvalue weighted by molar-refractivity contribution is -0.152. The predicted octanol–water partition coefficient (Wildman–Crippen LogP) is 0.782. The molecule has 2 aromatic rings. The van der Waals surface area contributed by atoms with Crippen molar-refractivity contribution in [3.8, 4) is 11.5 Å². The lowest BCUT2D eigenvalue weighted by Crippen LogP contribution is -2.50. The minimum absolute atomic E-state index is 0.0104. The number of rotatable bonds is 18. The van der Waals surface area contributed by atoms with E-state index in [9.17, 15) is 48.9 Å². The molecule has 0 fully saturated rings. The fourth-order valence-electron chi connectivity index (χ4n) is 3.63. The molecular weight excluding hydrogens is 626 g/mol. The number of carbonyl (C=O) groups is 7. The first-order valence-electron chi connectivity index (χ1n) is 13.7. The largest absolute Gasteiger partial charge is 0.504 e. The number of amides is 3. The highest BCUT2D eigenvalue weighted by Crippen LogP contribution is 2.25. The van der Waals surface area contributed by atoms with E-state index in [1.165, 1.54) is 31.2 Å². The maximum absolute atomic E-state index is 12.7. The number of phenolic OH excluding ortho intramolecular Hbond substituents is 2. The number of ether oxygens (including phenoxy) is 1. The van der Waals surface area contributed by atoms with Crippen molar-refractivity contribution in [1.29, 1.82) is 0 Å². The summed E-state index contributed by atoms with van der Waals surface area (Å²) in [5.74, 6) is -8.20. The van der Waals surface area contributed by atoms with Crippen LogP contribution >= 0.6 is 11.8 Å². The third-order valence-corrected chi connectivity index (χ3v) is 7.03. The van der Waals surface area contributed by atoms with E-state index in [2.05, 4.69) is 20.7 Å². The van der Waals surface area contributed by atoms with Crippen LogP contribution in [-0.4, -0.2) is 98.6 Å². The Morgan fingerprint density at radius 3 is 2.13 bits per heavy atom. The Balaban J connectivity index is 1.96. The molecule has 15 nitrogen and oxygen atoms in total. The van der Waals surface area contributed by atoms with Crippen LogP contribution < -0.4 is 16.0 Å². The summed E-state index contributed by atoms with van der Waals surface area (Å²) < 4.78 is 4.59. The van der Waals surface area contributed by atoms with E-state index >= 15 is 0 Å². The van der Waals surface area contributed by atoms with Gasteiger partial charge in [0.1, 0.15) is 18.6 Å². The fourth-order valence-corrected chi connectivity index (χ4v) is 4.52. The van der Waals surface area contributed by atoms with Gasteiger partial charge >= 0.3 is 17.9 Å². The number of carboxylic acids is 2. The number of nitrogens with one attached hydrogen (secondary N) is 3. The highest BCUT2D eigenvalue weighted by molar-refractivity contribution is 8.00. The lowest BCUT2D eigenvalue weighted by atomic mass is 10.1. The number of hydrogen-bond donors (Lipinski definition) is 7. The van der Waals surface area contributed by atoms with Crippen molar-refractivity contribution in [1.82, 2.24) is 16.0 Å². The lowest BCUT2D eigenvalue weighted by Gasteiger charge is -2.19. The monoisotopic (exact) mass is 659 g/mol. The van der Waals surface area contributed by atoms with Gasteiger partial charge in [-0.25, -0.2) is 9.59 Å². The minimum atomic E-state index is -1.48. The van der Waals surface area contributed by atoms with Crippen molar-refractivity contribution in [2.75, 3.05) is 24.7 Å². The molecule has 246 valence electrons. The number of ketones is 1. The number of benzene rings is 2. The van der Waals surface area contributed by atoms with E-state index in [1.54, 1.807) is 30.4 Å². The van der Waals surface area contributed by atoms with Crippen LogP contribution in [0.2, 0.25) is 0 Å². The van der Waals surface area contributed by atoms with Crippen LogP contribution in [0.3, 0.4) is 0 Å². The Labute approximate surface area is 267 Å². The number of phenols is 2. The van der Waals surface area contributed by atoms with E-state index in [0.29, 0.717) is 11.1 Å². The van der Waals surface area contributed by atoms with Gasteiger partial charge < -0.3 is 41.1 Å². The standard InChI is InChI=1S/C30H33N3O12S/c1-2-45-30(44)24(36)16-46-15-21(28(41)31-14-26(38)39)32-25(37)12-10-20(29(42)43)33-27(40)19-8-5-17(6-9-19)3-4-18-7-11-22(34)23(35)13-18/h3-9,11,13,20-21,34-35H,2,10,12,14-16H2,1H3,(H,31,41)(H,32,37)(H,33,40)(H,38,39)(H,42,43)/b4-3+. The Kier molecular flexibility index (Phi) is 14.8. The minimum Gasteiger partial charge on any atom is -0.504 e. The quantitative estimate of drug-likeness (QED) is 0.0507. The third-order valence-electron chi connectivity index (χ3n) is 5.99. The second kappa shape index (κ2) is 18.4. The van der Waals surface area contributed by atoms with Crippen LogP contribution in [0.5, 0.6) is 11.5 Å². The molecule has 3 amide bonds. The van der Waals surface area contributed by atoms with Crippen LogP contribution in [0.15, 0.2) is 42.5 Å². The molecule has 2 aromatic carbocycles. The van der Waals surface area contributed by atoms with Crippen molar-refractivity contribution in [2.24, 2.45) is 0 Å². The Morgan fingerprint density at radius 2 is 1.52 bits per heavy atom. The summed E-state index contributed by atoms with van der Waals surface area (Å²) in [7, 11) is 0. The highest BCUT2D eigenvalue weighted by atomic mass is 32.2. The predicted molar refractivity (Wildman–Crippen MR) is 165 cm³/mol. The zero-order chi connectivity index (χ0) is 34.2. The Bertz CT molecular complexity index is 1480. The number of aromatic hydroxyl groups is 2. The van der Waals surface area contributed by atoms with Gasteiger partial charge in [0.2, 0.25) is 17.6 Å². The van der Waals surface area contributed by atoms with E-state index in [4.69, 9.17) is 5.11 Å². The van der Waals surface area contributed by atoms with Gasteiger partial charge in [0.25, 0.3) is 5.91 Å². The summed E-state index contributed by atoms with van der Waals surface area (Å²) in [6.45, 7) is 0.762. The zero-order valence-corrected chi connectivity index (χ0v) is 25.4. The molecule has 2 unspecified atom stereocenters. The normalized spacial score (nSPS) is 12.0. The molecule has 0 saturated carbocycles.